The molecule has 1 aliphatic heterocycles. The average Bonchev–Trinajstić information content (AvgIpc) is 3.42. The van der Waals surface area contributed by atoms with Gasteiger partial charge in [-0.05, 0) is 19.0 Å². The molecule has 0 spiro atoms. The number of hydrogen-bond donors (Lipinski definition) is 0. The molecule has 0 aliphatic carbocycles. The number of ether oxygens (including phenoxy) is 1. The molecular weight excluding hydrogens is 494 g/mol. The molecule has 3 aromatic rings. The van der Waals surface area contributed by atoms with Gasteiger partial charge in [0.15, 0.2) is 0 Å². The molecule has 12 heteroatoms. The van der Waals surface area contributed by atoms with Crippen LogP contribution in [-0.4, -0.2) is 65.3 Å². The Kier molecular flexibility index (Phi) is 7.08. The Bertz CT molecular complexity index is 1450. The van der Waals surface area contributed by atoms with Crippen molar-refractivity contribution in [2.45, 2.75) is 51.3 Å². The molecule has 0 saturated carbocycles. The van der Waals surface area contributed by atoms with E-state index in [4.69, 9.17) is 4.74 Å². The highest BCUT2D eigenvalue weighted by Crippen LogP contribution is 2.38. The fourth-order valence-electron chi connectivity index (χ4n) is 4.37. The van der Waals surface area contributed by atoms with Crippen molar-refractivity contribution in [3.63, 3.8) is 0 Å². The third-order valence-corrected chi connectivity index (χ3v) is 10.1. The van der Waals surface area contributed by atoms with E-state index in [2.05, 4.69) is 41.7 Å². The summed E-state index contributed by atoms with van der Waals surface area (Å²) in [6, 6.07) is 7.41. The molecular formula is C24H31N7O3SSi. The zero-order chi connectivity index (χ0) is 26.1. The molecule has 0 aromatic carbocycles. The highest BCUT2D eigenvalue weighted by molar-refractivity contribution is 7.89. The predicted molar refractivity (Wildman–Crippen MR) is 139 cm³/mol. The summed E-state index contributed by atoms with van der Waals surface area (Å²) in [6.07, 6.45) is 6.99. The summed E-state index contributed by atoms with van der Waals surface area (Å²) in [4.78, 5) is 8.93. The van der Waals surface area contributed by atoms with Gasteiger partial charge >= 0.3 is 0 Å². The number of aromatic nitrogens is 4. The SMILES string of the molecule is CCS(=O)(=O)N1CC(CC#N)(n2cc(C#N)c(-c3ncnc4c3ccn4COCC[Si](C)(C)C)c2)C1. The van der Waals surface area contributed by atoms with Gasteiger partial charge in [0, 0.05) is 57.3 Å². The van der Waals surface area contributed by atoms with Crippen LogP contribution in [-0.2, 0) is 27.0 Å². The lowest BCUT2D eigenvalue weighted by Crippen LogP contribution is -2.63. The van der Waals surface area contributed by atoms with E-state index in [-0.39, 0.29) is 25.3 Å². The summed E-state index contributed by atoms with van der Waals surface area (Å²) in [7, 11) is -4.53. The molecule has 1 fully saturated rings. The molecule has 0 N–H and O–H groups in total. The summed E-state index contributed by atoms with van der Waals surface area (Å²) in [5, 5.41) is 20.1. The van der Waals surface area contributed by atoms with E-state index in [0.717, 1.165) is 11.4 Å². The second-order valence-electron chi connectivity index (χ2n) is 10.4. The fraction of sp³-hybridized carbons (Fsp3) is 0.500. The highest BCUT2D eigenvalue weighted by atomic mass is 32.2. The molecule has 0 amide bonds. The van der Waals surface area contributed by atoms with Gasteiger partial charge in [-0.1, -0.05) is 19.6 Å². The lowest BCUT2D eigenvalue weighted by molar-refractivity contribution is 0.0851. The Morgan fingerprint density at radius 1 is 1.19 bits per heavy atom. The molecule has 0 atom stereocenters. The zero-order valence-electron chi connectivity index (χ0n) is 21.1. The molecule has 0 unspecified atom stereocenters. The standard InChI is InChI=1S/C24H31N7O3SSi/c1-5-35(32,33)31-15-24(16-31,7-8-25)30-13-19(12-26)21(14-30)22-20-6-9-29(23(20)28-17-27-22)18-34-10-11-36(2,3)4/h6,9,13-14,17H,5,7,10-11,15-16,18H2,1-4H3. The van der Waals surface area contributed by atoms with Crippen molar-refractivity contribution in [3.05, 3.63) is 36.5 Å². The minimum atomic E-state index is -3.35. The highest BCUT2D eigenvalue weighted by Gasteiger charge is 2.49. The number of fused-ring (bicyclic) bond motifs is 1. The third-order valence-electron chi connectivity index (χ3n) is 6.64. The molecule has 0 bridgehead atoms. The van der Waals surface area contributed by atoms with Crippen molar-refractivity contribution in [2.24, 2.45) is 0 Å². The van der Waals surface area contributed by atoms with E-state index >= 15 is 0 Å². The normalized spacial score (nSPS) is 15.9. The molecule has 4 heterocycles. The van der Waals surface area contributed by atoms with E-state index in [1.165, 1.54) is 10.6 Å². The minimum absolute atomic E-state index is 0.00771. The number of sulfonamides is 1. The summed E-state index contributed by atoms with van der Waals surface area (Å²) < 4.78 is 35.6. The van der Waals surface area contributed by atoms with Crippen molar-refractivity contribution in [1.82, 2.24) is 23.4 Å². The van der Waals surface area contributed by atoms with Crippen molar-refractivity contribution in [1.29, 1.82) is 10.5 Å². The van der Waals surface area contributed by atoms with Crippen LogP contribution in [0.5, 0.6) is 0 Å². The molecule has 1 saturated heterocycles. The summed E-state index contributed by atoms with van der Waals surface area (Å²) in [6.45, 7) is 9.99. The smallest absolute Gasteiger partial charge is 0.213 e. The van der Waals surface area contributed by atoms with Gasteiger partial charge in [0.25, 0.3) is 0 Å². The Labute approximate surface area is 212 Å². The quantitative estimate of drug-likeness (QED) is 0.293. The first-order valence-corrected chi connectivity index (χ1v) is 17.2. The van der Waals surface area contributed by atoms with Crippen LogP contribution in [0.3, 0.4) is 0 Å². The largest absolute Gasteiger partial charge is 0.361 e. The lowest BCUT2D eigenvalue weighted by Gasteiger charge is -2.48. The predicted octanol–water partition coefficient (Wildman–Crippen LogP) is 3.36. The number of nitrogens with zero attached hydrogens (tertiary/aromatic N) is 7. The van der Waals surface area contributed by atoms with Crippen LogP contribution >= 0.6 is 0 Å². The Morgan fingerprint density at radius 2 is 1.94 bits per heavy atom. The van der Waals surface area contributed by atoms with E-state index in [1.807, 2.05) is 21.4 Å². The van der Waals surface area contributed by atoms with Crippen LogP contribution in [0.25, 0.3) is 22.3 Å². The summed E-state index contributed by atoms with van der Waals surface area (Å²) in [5.74, 6) is 0.00771. The summed E-state index contributed by atoms with van der Waals surface area (Å²) in [5.41, 5.74) is 1.63. The first-order chi connectivity index (χ1) is 17.0. The van der Waals surface area contributed by atoms with Gasteiger partial charge in [0.1, 0.15) is 24.8 Å². The van der Waals surface area contributed by atoms with Gasteiger partial charge in [0.2, 0.25) is 10.0 Å². The maximum absolute atomic E-state index is 12.3. The van der Waals surface area contributed by atoms with Gasteiger partial charge in [-0.15, -0.1) is 0 Å². The van der Waals surface area contributed by atoms with E-state index in [1.54, 1.807) is 19.3 Å². The van der Waals surface area contributed by atoms with Crippen LogP contribution in [0.4, 0.5) is 0 Å². The first-order valence-electron chi connectivity index (χ1n) is 11.9. The monoisotopic (exact) mass is 525 g/mol. The average molecular weight is 526 g/mol. The van der Waals surface area contributed by atoms with Gasteiger partial charge in [0.05, 0.1) is 35.0 Å². The topological polar surface area (TPSA) is 130 Å². The van der Waals surface area contributed by atoms with Gasteiger partial charge in [-0.25, -0.2) is 18.4 Å². The van der Waals surface area contributed by atoms with Crippen LogP contribution in [0.2, 0.25) is 25.7 Å². The lowest BCUT2D eigenvalue weighted by atomic mass is 9.89. The molecule has 1 aliphatic rings. The van der Waals surface area contributed by atoms with Crippen LogP contribution in [0.1, 0.15) is 18.9 Å². The Balaban J connectivity index is 1.65. The number of nitriles is 2. The van der Waals surface area contributed by atoms with Gasteiger partial charge in [-0.2, -0.15) is 14.8 Å². The Hall–Kier alpha value is -3.03. The summed E-state index contributed by atoms with van der Waals surface area (Å²) >= 11 is 0. The third kappa shape index (κ3) is 4.95. The second-order valence-corrected chi connectivity index (χ2v) is 18.3. The second kappa shape index (κ2) is 9.79. The van der Waals surface area contributed by atoms with Crippen LogP contribution < -0.4 is 0 Å². The maximum atomic E-state index is 12.3. The fourth-order valence-corrected chi connectivity index (χ4v) is 6.37. The zero-order valence-corrected chi connectivity index (χ0v) is 22.9. The van der Waals surface area contributed by atoms with Crippen LogP contribution in [0.15, 0.2) is 31.0 Å². The molecule has 10 nitrogen and oxygen atoms in total. The van der Waals surface area contributed by atoms with E-state index in [9.17, 15) is 18.9 Å². The molecule has 190 valence electrons. The molecule has 0 radical (unpaired) electrons. The van der Waals surface area contributed by atoms with Gasteiger partial charge in [-0.3, -0.25) is 0 Å². The van der Waals surface area contributed by atoms with Crippen molar-refractivity contribution < 1.29 is 13.2 Å². The van der Waals surface area contributed by atoms with Crippen molar-refractivity contribution in [2.75, 3.05) is 25.4 Å². The van der Waals surface area contributed by atoms with Gasteiger partial charge < -0.3 is 13.9 Å². The van der Waals surface area contributed by atoms with Crippen molar-refractivity contribution in [3.8, 4) is 23.4 Å². The van der Waals surface area contributed by atoms with E-state index < -0.39 is 23.6 Å². The number of hydrogen-bond acceptors (Lipinski definition) is 7. The van der Waals surface area contributed by atoms with Crippen LogP contribution in [0, 0.1) is 22.7 Å². The molecule has 4 rings (SSSR count). The van der Waals surface area contributed by atoms with E-state index in [0.29, 0.717) is 35.8 Å². The maximum Gasteiger partial charge on any atom is 0.213 e. The first kappa shape index (κ1) is 26.0. The minimum Gasteiger partial charge on any atom is -0.361 e. The Morgan fingerprint density at radius 3 is 2.58 bits per heavy atom. The number of rotatable bonds is 10. The molecule has 3 aromatic heterocycles. The van der Waals surface area contributed by atoms with Crippen molar-refractivity contribution >= 4 is 29.1 Å². The molecule has 36 heavy (non-hydrogen) atoms.